The monoisotopic (exact) mass is 290 g/mol. The third-order valence-corrected chi connectivity index (χ3v) is 3.83. The second-order valence-electron chi connectivity index (χ2n) is 4.18. The van der Waals surface area contributed by atoms with E-state index in [4.69, 9.17) is 23.2 Å². The first-order chi connectivity index (χ1) is 8.54. The van der Waals surface area contributed by atoms with Gasteiger partial charge in [0.15, 0.2) is 0 Å². The van der Waals surface area contributed by atoms with E-state index in [1.807, 2.05) is 4.90 Å². The lowest BCUT2D eigenvalue weighted by molar-refractivity contribution is -0.384. The summed E-state index contributed by atoms with van der Waals surface area (Å²) in [4.78, 5) is 12.4. The van der Waals surface area contributed by atoms with Crippen LogP contribution in [0.3, 0.4) is 0 Å². The van der Waals surface area contributed by atoms with Gasteiger partial charge in [-0.25, -0.2) is 0 Å². The van der Waals surface area contributed by atoms with E-state index in [1.165, 1.54) is 12.1 Å². The van der Waals surface area contributed by atoms with Crippen LogP contribution >= 0.6 is 23.2 Å². The fourth-order valence-corrected chi connectivity index (χ4v) is 2.56. The molecule has 1 aliphatic rings. The van der Waals surface area contributed by atoms with Gasteiger partial charge in [0.1, 0.15) is 5.69 Å². The van der Waals surface area contributed by atoms with Crippen LogP contribution in [0.5, 0.6) is 0 Å². The minimum atomic E-state index is -0.482. The molecule has 1 saturated heterocycles. The van der Waals surface area contributed by atoms with Crippen molar-refractivity contribution < 1.29 is 10.0 Å². The van der Waals surface area contributed by atoms with Gasteiger partial charge < -0.3 is 10.0 Å². The lowest BCUT2D eigenvalue weighted by Crippen LogP contribution is -2.32. The van der Waals surface area contributed by atoms with Crippen molar-refractivity contribution in [1.29, 1.82) is 0 Å². The molecule has 1 aliphatic heterocycles. The highest BCUT2D eigenvalue weighted by Gasteiger charge is 2.30. The lowest BCUT2D eigenvalue weighted by Gasteiger charge is -2.25. The average molecular weight is 291 g/mol. The van der Waals surface area contributed by atoms with Crippen LogP contribution in [0.15, 0.2) is 12.1 Å². The first-order valence-corrected chi connectivity index (χ1v) is 6.31. The highest BCUT2D eigenvalue weighted by molar-refractivity contribution is 6.42. The largest absolute Gasteiger partial charge is 0.394 e. The number of anilines is 1. The van der Waals surface area contributed by atoms with Gasteiger partial charge in [-0.15, -0.1) is 0 Å². The quantitative estimate of drug-likeness (QED) is 0.687. The molecule has 0 spiro atoms. The molecule has 18 heavy (non-hydrogen) atoms. The molecule has 1 fully saturated rings. The maximum Gasteiger partial charge on any atom is 0.294 e. The third-order valence-electron chi connectivity index (χ3n) is 3.11. The molecule has 0 bridgehead atoms. The Kier molecular flexibility index (Phi) is 3.94. The highest BCUT2D eigenvalue weighted by Crippen LogP contribution is 2.39. The summed E-state index contributed by atoms with van der Waals surface area (Å²) >= 11 is 11.7. The van der Waals surface area contributed by atoms with Crippen LogP contribution in [-0.4, -0.2) is 29.2 Å². The molecular weight excluding hydrogens is 279 g/mol. The molecule has 0 saturated carbocycles. The van der Waals surface area contributed by atoms with E-state index < -0.39 is 4.92 Å². The van der Waals surface area contributed by atoms with E-state index in [0.717, 1.165) is 12.8 Å². The number of hydrogen-bond acceptors (Lipinski definition) is 4. The number of nitrogens with zero attached hydrogens (tertiary/aromatic N) is 2. The third kappa shape index (κ3) is 2.39. The molecule has 98 valence electrons. The summed E-state index contributed by atoms with van der Waals surface area (Å²) in [6.07, 6.45) is 1.70. The van der Waals surface area contributed by atoms with Crippen molar-refractivity contribution in [2.24, 2.45) is 0 Å². The summed E-state index contributed by atoms with van der Waals surface area (Å²) in [5.74, 6) is 0. The summed E-state index contributed by atoms with van der Waals surface area (Å²) in [7, 11) is 0. The Morgan fingerprint density at radius 1 is 1.44 bits per heavy atom. The maximum atomic E-state index is 11.1. The van der Waals surface area contributed by atoms with Crippen molar-refractivity contribution in [3.05, 3.63) is 32.3 Å². The first kappa shape index (κ1) is 13.4. The molecule has 1 aromatic rings. The lowest BCUT2D eigenvalue weighted by atomic mass is 10.2. The van der Waals surface area contributed by atoms with Crippen molar-refractivity contribution in [2.45, 2.75) is 18.9 Å². The van der Waals surface area contributed by atoms with E-state index >= 15 is 0 Å². The first-order valence-electron chi connectivity index (χ1n) is 5.55. The molecule has 0 aliphatic carbocycles. The van der Waals surface area contributed by atoms with Crippen LogP contribution in [-0.2, 0) is 0 Å². The fourth-order valence-electron chi connectivity index (χ4n) is 2.24. The van der Waals surface area contributed by atoms with E-state index in [0.29, 0.717) is 12.2 Å². The highest BCUT2D eigenvalue weighted by atomic mass is 35.5. The number of nitro benzene ring substituents is 1. The number of hydrogen-bond donors (Lipinski definition) is 1. The van der Waals surface area contributed by atoms with E-state index in [-0.39, 0.29) is 28.4 Å². The summed E-state index contributed by atoms with van der Waals surface area (Å²) in [6.45, 7) is 0.640. The summed E-state index contributed by atoms with van der Waals surface area (Å²) < 4.78 is 0. The van der Waals surface area contributed by atoms with Crippen LogP contribution in [0, 0.1) is 10.1 Å². The van der Waals surface area contributed by atoms with Gasteiger partial charge in [0, 0.05) is 12.6 Å². The van der Waals surface area contributed by atoms with Gasteiger partial charge in [0.25, 0.3) is 5.69 Å². The SMILES string of the molecule is O=[N+]([O-])c1cc(Cl)c(Cl)cc1N1CCCC1CO. The maximum absolute atomic E-state index is 11.1. The molecule has 2 rings (SSSR count). The molecule has 0 aromatic heterocycles. The second-order valence-corrected chi connectivity index (χ2v) is 5.00. The minimum Gasteiger partial charge on any atom is -0.394 e. The smallest absolute Gasteiger partial charge is 0.294 e. The Hall–Kier alpha value is -1.04. The zero-order chi connectivity index (χ0) is 13.3. The van der Waals surface area contributed by atoms with Gasteiger partial charge in [0.05, 0.1) is 27.6 Å². The van der Waals surface area contributed by atoms with Crippen LogP contribution in [0.4, 0.5) is 11.4 Å². The van der Waals surface area contributed by atoms with Crippen molar-refractivity contribution in [3.8, 4) is 0 Å². The zero-order valence-corrected chi connectivity index (χ0v) is 11.0. The standard InChI is InChI=1S/C11H12Cl2N2O3/c12-8-4-10(11(15(17)18)5-9(8)13)14-3-1-2-7(14)6-16/h4-5,7,16H,1-3,6H2. The predicted molar refractivity (Wildman–Crippen MR) is 70.6 cm³/mol. The van der Waals surface area contributed by atoms with Crippen LogP contribution in [0.2, 0.25) is 10.0 Å². The molecule has 0 amide bonds. The Morgan fingerprint density at radius 2 is 2.11 bits per heavy atom. The Labute approximate surface area is 114 Å². The number of aliphatic hydroxyl groups excluding tert-OH is 1. The van der Waals surface area contributed by atoms with Gasteiger partial charge in [-0.05, 0) is 18.9 Å². The van der Waals surface area contributed by atoms with Gasteiger partial charge >= 0.3 is 0 Å². The van der Waals surface area contributed by atoms with Crippen LogP contribution in [0.25, 0.3) is 0 Å². The van der Waals surface area contributed by atoms with Gasteiger partial charge in [-0.2, -0.15) is 0 Å². The number of rotatable bonds is 3. The Balaban J connectivity index is 2.48. The van der Waals surface area contributed by atoms with Crippen molar-refractivity contribution >= 4 is 34.6 Å². The summed E-state index contributed by atoms with van der Waals surface area (Å²) in [5, 5.41) is 20.8. The molecule has 7 heteroatoms. The Morgan fingerprint density at radius 3 is 2.72 bits per heavy atom. The molecule has 1 aromatic carbocycles. The number of nitro groups is 1. The second kappa shape index (κ2) is 5.30. The normalized spacial score (nSPS) is 19.3. The number of halogens is 2. The van der Waals surface area contributed by atoms with Crippen molar-refractivity contribution in [1.82, 2.24) is 0 Å². The summed E-state index contributed by atoms with van der Waals surface area (Å²) in [6, 6.07) is 2.66. The molecule has 1 heterocycles. The van der Waals surface area contributed by atoms with Gasteiger partial charge in [-0.3, -0.25) is 10.1 Å². The topological polar surface area (TPSA) is 66.6 Å². The number of aliphatic hydroxyl groups is 1. The molecule has 1 unspecified atom stereocenters. The molecule has 5 nitrogen and oxygen atoms in total. The average Bonchev–Trinajstić information content (AvgIpc) is 2.79. The minimum absolute atomic E-state index is 0.0304. The van der Waals surface area contributed by atoms with E-state index in [2.05, 4.69) is 0 Å². The molecule has 1 atom stereocenters. The predicted octanol–water partition coefficient (Wildman–Crippen LogP) is 2.86. The van der Waals surface area contributed by atoms with E-state index in [1.54, 1.807) is 0 Å². The fraction of sp³-hybridized carbons (Fsp3) is 0.455. The molecule has 0 radical (unpaired) electrons. The molecule has 1 N–H and O–H groups in total. The van der Waals surface area contributed by atoms with Crippen LogP contribution < -0.4 is 4.90 Å². The van der Waals surface area contributed by atoms with E-state index in [9.17, 15) is 15.2 Å². The zero-order valence-electron chi connectivity index (χ0n) is 9.47. The van der Waals surface area contributed by atoms with Crippen molar-refractivity contribution in [2.75, 3.05) is 18.1 Å². The van der Waals surface area contributed by atoms with Crippen LogP contribution in [0.1, 0.15) is 12.8 Å². The summed E-state index contributed by atoms with van der Waals surface area (Å²) in [5.41, 5.74) is 0.343. The Bertz CT molecular complexity index is 482. The number of benzene rings is 1. The van der Waals surface area contributed by atoms with Gasteiger partial charge in [0.2, 0.25) is 0 Å². The molecular formula is C11H12Cl2N2O3. The van der Waals surface area contributed by atoms with Gasteiger partial charge in [-0.1, -0.05) is 23.2 Å². The van der Waals surface area contributed by atoms with Crippen molar-refractivity contribution in [3.63, 3.8) is 0 Å².